The number of aryl methyl sites for hydroxylation is 3. The first-order valence-corrected chi connectivity index (χ1v) is 10.8. The standard InChI is InChI=1S/C25H25N3O4/c1-15-12-26-16(2)25(28-15)18-5-7-21-19(10-18)11-20(32-21)13-27-24(29)8-4-17-3-6-22-23(9-17)31-14-30-22/h3,5-7,9-10,12,20H,4,8,11,13-14H2,1-2H3,(H,27,29)/t20-/m1/s1. The molecule has 0 saturated heterocycles. The van der Waals surface area contributed by atoms with E-state index >= 15 is 0 Å². The largest absolute Gasteiger partial charge is 0.488 e. The number of aromatic nitrogens is 2. The first-order chi connectivity index (χ1) is 15.5. The van der Waals surface area contributed by atoms with E-state index in [0.717, 1.165) is 57.4 Å². The minimum atomic E-state index is -0.0700. The number of fused-ring (bicyclic) bond motifs is 2. The molecule has 1 N–H and O–H groups in total. The van der Waals surface area contributed by atoms with Crippen LogP contribution in [0.3, 0.4) is 0 Å². The Kier molecular flexibility index (Phi) is 5.39. The summed E-state index contributed by atoms with van der Waals surface area (Å²) in [5.41, 5.74) is 5.91. The average molecular weight is 431 g/mol. The van der Waals surface area contributed by atoms with Crippen molar-refractivity contribution in [2.45, 2.75) is 39.2 Å². The number of hydrogen-bond donors (Lipinski definition) is 1. The number of hydrogen-bond acceptors (Lipinski definition) is 6. The van der Waals surface area contributed by atoms with Gasteiger partial charge in [0, 0.05) is 24.6 Å². The molecule has 164 valence electrons. The zero-order valence-corrected chi connectivity index (χ0v) is 18.2. The SMILES string of the molecule is Cc1cnc(C)c(-c2ccc3c(c2)C[C@H](CNC(=O)CCc2ccc4c(c2)OCO4)O3)n1. The predicted molar refractivity (Wildman–Crippen MR) is 119 cm³/mol. The predicted octanol–water partition coefficient (Wildman–Crippen LogP) is 3.54. The van der Waals surface area contributed by atoms with Crippen molar-refractivity contribution in [2.75, 3.05) is 13.3 Å². The molecule has 3 aromatic rings. The molecule has 2 aromatic carbocycles. The van der Waals surface area contributed by atoms with Crippen molar-refractivity contribution in [2.24, 2.45) is 0 Å². The Morgan fingerprint density at radius 3 is 2.84 bits per heavy atom. The zero-order chi connectivity index (χ0) is 22.1. The number of nitrogens with zero attached hydrogens (tertiary/aromatic N) is 2. The van der Waals surface area contributed by atoms with E-state index in [2.05, 4.69) is 21.4 Å². The van der Waals surface area contributed by atoms with Crippen molar-refractivity contribution in [3.63, 3.8) is 0 Å². The highest BCUT2D eigenvalue weighted by Crippen LogP contribution is 2.34. The van der Waals surface area contributed by atoms with Crippen LogP contribution in [-0.4, -0.2) is 35.3 Å². The Labute approximate surface area is 186 Å². The van der Waals surface area contributed by atoms with E-state index in [1.807, 2.05) is 44.2 Å². The number of amides is 1. The molecule has 0 aliphatic carbocycles. The van der Waals surface area contributed by atoms with Crippen molar-refractivity contribution < 1.29 is 19.0 Å². The van der Waals surface area contributed by atoms with Gasteiger partial charge in [-0.15, -0.1) is 0 Å². The van der Waals surface area contributed by atoms with E-state index in [1.54, 1.807) is 6.20 Å². The number of rotatable bonds is 6. The van der Waals surface area contributed by atoms with Crippen LogP contribution in [-0.2, 0) is 17.6 Å². The van der Waals surface area contributed by atoms with Crippen LogP contribution in [0.2, 0.25) is 0 Å². The molecular weight excluding hydrogens is 406 g/mol. The average Bonchev–Trinajstić information content (AvgIpc) is 3.43. The summed E-state index contributed by atoms with van der Waals surface area (Å²) in [5, 5.41) is 3.00. The van der Waals surface area contributed by atoms with Crippen LogP contribution in [0.15, 0.2) is 42.6 Å². The Bertz CT molecular complexity index is 1180. The van der Waals surface area contributed by atoms with Gasteiger partial charge in [0.25, 0.3) is 0 Å². The normalized spacial score (nSPS) is 15.9. The summed E-state index contributed by atoms with van der Waals surface area (Å²) >= 11 is 0. The lowest BCUT2D eigenvalue weighted by atomic mass is 10.0. The summed E-state index contributed by atoms with van der Waals surface area (Å²) in [6.45, 7) is 4.64. The molecule has 1 aromatic heterocycles. The Morgan fingerprint density at radius 2 is 1.94 bits per heavy atom. The van der Waals surface area contributed by atoms with Gasteiger partial charge in [-0.05, 0) is 61.7 Å². The van der Waals surface area contributed by atoms with Crippen LogP contribution in [0.1, 0.15) is 28.9 Å². The van der Waals surface area contributed by atoms with Gasteiger partial charge in [-0.3, -0.25) is 9.78 Å². The third-order valence-electron chi connectivity index (χ3n) is 5.76. The molecule has 5 rings (SSSR count). The van der Waals surface area contributed by atoms with E-state index < -0.39 is 0 Å². The maximum Gasteiger partial charge on any atom is 0.231 e. The second-order valence-corrected chi connectivity index (χ2v) is 8.20. The third kappa shape index (κ3) is 4.23. The summed E-state index contributed by atoms with van der Waals surface area (Å²) in [6, 6.07) is 11.9. The van der Waals surface area contributed by atoms with E-state index in [-0.39, 0.29) is 18.8 Å². The molecule has 0 radical (unpaired) electrons. The van der Waals surface area contributed by atoms with Crippen LogP contribution in [0.4, 0.5) is 0 Å². The molecule has 0 unspecified atom stereocenters. The van der Waals surface area contributed by atoms with Gasteiger partial charge in [-0.1, -0.05) is 6.07 Å². The lowest BCUT2D eigenvalue weighted by molar-refractivity contribution is -0.121. The maximum atomic E-state index is 12.4. The molecule has 2 aliphatic rings. The van der Waals surface area contributed by atoms with E-state index in [9.17, 15) is 4.79 Å². The lowest BCUT2D eigenvalue weighted by Gasteiger charge is -2.12. The summed E-state index contributed by atoms with van der Waals surface area (Å²) < 4.78 is 16.8. The molecule has 3 heterocycles. The third-order valence-corrected chi connectivity index (χ3v) is 5.76. The van der Waals surface area contributed by atoms with Gasteiger partial charge in [0.1, 0.15) is 11.9 Å². The molecule has 0 fully saturated rings. The quantitative estimate of drug-likeness (QED) is 0.643. The Hall–Kier alpha value is -3.61. The smallest absolute Gasteiger partial charge is 0.231 e. The van der Waals surface area contributed by atoms with Crippen LogP contribution in [0.25, 0.3) is 11.3 Å². The van der Waals surface area contributed by atoms with Crippen molar-refractivity contribution in [1.82, 2.24) is 15.3 Å². The van der Waals surface area contributed by atoms with Crippen LogP contribution < -0.4 is 19.5 Å². The Morgan fingerprint density at radius 1 is 1.09 bits per heavy atom. The number of nitrogens with one attached hydrogen (secondary N) is 1. The molecule has 0 spiro atoms. The number of benzene rings is 2. The molecule has 1 amide bonds. The van der Waals surface area contributed by atoms with E-state index in [0.29, 0.717) is 19.4 Å². The van der Waals surface area contributed by atoms with E-state index in [1.165, 1.54) is 0 Å². The van der Waals surface area contributed by atoms with Gasteiger partial charge < -0.3 is 19.5 Å². The summed E-state index contributed by atoms with van der Waals surface area (Å²) in [7, 11) is 0. The molecule has 1 atom stereocenters. The molecule has 32 heavy (non-hydrogen) atoms. The molecule has 0 bridgehead atoms. The van der Waals surface area contributed by atoms with Gasteiger partial charge in [0.15, 0.2) is 11.5 Å². The summed E-state index contributed by atoms with van der Waals surface area (Å²) in [4.78, 5) is 21.4. The van der Waals surface area contributed by atoms with Gasteiger partial charge in [-0.2, -0.15) is 0 Å². The monoisotopic (exact) mass is 431 g/mol. The fourth-order valence-corrected chi connectivity index (χ4v) is 4.06. The molecular formula is C25H25N3O4. The first kappa shape index (κ1) is 20.3. The molecule has 2 aliphatic heterocycles. The van der Waals surface area contributed by atoms with Gasteiger partial charge in [0.2, 0.25) is 12.7 Å². The highest BCUT2D eigenvalue weighted by molar-refractivity contribution is 5.76. The van der Waals surface area contributed by atoms with Crippen molar-refractivity contribution in [3.8, 4) is 28.5 Å². The first-order valence-electron chi connectivity index (χ1n) is 10.8. The van der Waals surface area contributed by atoms with Crippen LogP contribution in [0.5, 0.6) is 17.2 Å². The minimum Gasteiger partial charge on any atom is -0.488 e. The van der Waals surface area contributed by atoms with E-state index in [4.69, 9.17) is 14.2 Å². The van der Waals surface area contributed by atoms with Crippen LogP contribution in [0, 0.1) is 13.8 Å². The fraction of sp³-hybridized carbons (Fsp3) is 0.320. The molecule has 0 saturated carbocycles. The topological polar surface area (TPSA) is 82.6 Å². The fourth-order valence-electron chi connectivity index (χ4n) is 4.06. The van der Waals surface area contributed by atoms with Gasteiger partial charge >= 0.3 is 0 Å². The highest BCUT2D eigenvalue weighted by atomic mass is 16.7. The van der Waals surface area contributed by atoms with Crippen molar-refractivity contribution >= 4 is 5.91 Å². The second kappa shape index (κ2) is 8.49. The lowest BCUT2D eigenvalue weighted by Crippen LogP contribution is -2.34. The number of carbonyl (C=O) groups excluding carboxylic acids is 1. The maximum absolute atomic E-state index is 12.4. The summed E-state index contributed by atoms with van der Waals surface area (Å²) in [6.07, 6.45) is 3.52. The molecule has 7 heteroatoms. The highest BCUT2D eigenvalue weighted by Gasteiger charge is 2.24. The van der Waals surface area contributed by atoms with Crippen LogP contribution >= 0.6 is 0 Å². The Balaban J connectivity index is 1.14. The zero-order valence-electron chi connectivity index (χ0n) is 18.2. The molecule has 7 nitrogen and oxygen atoms in total. The van der Waals surface area contributed by atoms with Gasteiger partial charge in [-0.25, -0.2) is 4.98 Å². The van der Waals surface area contributed by atoms with Crippen molar-refractivity contribution in [3.05, 3.63) is 65.1 Å². The minimum absolute atomic E-state index is 0.00794. The van der Waals surface area contributed by atoms with Gasteiger partial charge in [0.05, 0.1) is 23.6 Å². The number of carbonyl (C=O) groups is 1. The van der Waals surface area contributed by atoms with Crippen molar-refractivity contribution in [1.29, 1.82) is 0 Å². The summed E-state index contributed by atoms with van der Waals surface area (Å²) in [5.74, 6) is 2.37. The second-order valence-electron chi connectivity index (χ2n) is 8.20. The number of ether oxygens (including phenoxy) is 3.